The molecule has 0 spiro atoms. The normalized spacial score (nSPS) is 9.64. The Kier molecular flexibility index (Phi) is 2.36. The van der Waals surface area contributed by atoms with Gasteiger partial charge in [0.1, 0.15) is 11.6 Å². The molecule has 1 rings (SSSR count). The van der Waals surface area contributed by atoms with Gasteiger partial charge in [0.2, 0.25) is 0 Å². The quantitative estimate of drug-likeness (QED) is 0.629. The highest BCUT2D eigenvalue weighted by Crippen LogP contribution is 2.03. The van der Waals surface area contributed by atoms with Crippen molar-refractivity contribution in [2.24, 2.45) is 0 Å². The van der Waals surface area contributed by atoms with Gasteiger partial charge in [-0.15, -0.1) is 0 Å². The van der Waals surface area contributed by atoms with Crippen molar-refractivity contribution >= 4 is 5.78 Å². The van der Waals surface area contributed by atoms with Crippen LogP contribution in [0.25, 0.3) is 0 Å². The Labute approximate surface area is 64.9 Å². The van der Waals surface area contributed by atoms with E-state index in [1.807, 2.05) is 0 Å². The number of rotatable bonds is 2. The summed E-state index contributed by atoms with van der Waals surface area (Å²) in [5, 5.41) is 0. The molecule has 0 unspecified atom stereocenters. The lowest BCUT2D eigenvalue weighted by molar-refractivity contribution is -0.114. The third-order valence-corrected chi connectivity index (χ3v) is 1.31. The number of benzene rings is 1. The molecule has 1 aromatic rings. The van der Waals surface area contributed by atoms with Crippen molar-refractivity contribution < 1.29 is 9.18 Å². The highest BCUT2D eigenvalue weighted by molar-refractivity contribution is 5.84. The maximum absolute atomic E-state index is 12.3. The number of hydrogen-bond acceptors (Lipinski definition) is 1. The summed E-state index contributed by atoms with van der Waals surface area (Å²) in [7, 11) is 0. The van der Waals surface area contributed by atoms with Gasteiger partial charge in [-0.05, 0) is 17.7 Å². The van der Waals surface area contributed by atoms with Gasteiger partial charge in [-0.25, -0.2) is 4.39 Å². The van der Waals surface area contributed by atoms with Gasteiger partial charge in [0.15, 0.2) is 0 Å². The van der Waals surface area contributed by atoms with Crippen molar-refractivity contribution in [1.29, 1.82) is 0 Å². The lowest BCUT2D eigenvalue weighted by Gasteiger charge is -1.95. The van der Waals surface area contributed by atoms with Crippen LogP contribution in [0.5, 0.6) is 0 Å². The number of hydrogen-bond donors (Lipinski definition) is 0. The summed E-state index contributed by atoms with van der Waals surface area (Å²) in [5.41, 5.74) is 0.798. The van der Waals surface area contributed by atoms with E-state index in [2.05, 4.69) is 6.92 Å². The molecule has 1 nitrogen and oxygen atoms in total. The molecule has 0 aliphatic carbocycles. The van der Waals surface area contributed by atoms with E-state index in [-0.39, 0.29) is 18.0 Å². The van der Waals surface area contributed by atoms with Crippen molar-refractivity contribution in [3.8, 4) is 0 Å². The van der Waals surface area contributed by atoms with Crippen molar-refractivity contribution in [1.82, 2.24) is 0 Å². The highest BCUT2D eigenvalue weighted by atomic mass is 19.1. The first-order valence-electron chi connectivity index (χ1n) is 3.28. The highest BCUT2D eigenvalue weighted by Gasteiger charge is 1.96. The molecular weight excluding hydrogens is 143 g/mol. The predicted molar refractivity (Wildman–Crippen MR) is 40.5 cm³/mol. The SMILES string of the molecule is [CH2]C(=O)Cc1ccc(F)cc1. The Bertz CT molecular complexity index is 251. The van der Waals surface area contributed by atoms with Crippen LogP contribution in [0, 0.1) is 12.7 Å². The Morgan fingerprint density at radius 1 is 1.36 bits per heavy atom. The summed E-state index contributed by atoms with van der Waals surface area (Å²) in [6.45, 7) is 3.22. The van der Waals surface area contributed by atoms with Crippen molar-refractivity contribution in [3.63, 3.8) is 0 Å². The van der Waals surface area contributed by atoms with Crippen LogP contribution in [0.3, 0.4) is 0 Å². The van der Waals surface area contributed by atoms with Crippen molar-refractivity contribution in [2.45, 2.75) is 6.42 Å². The molecule has 0 saturated carbocycles. The average Bonchev–Trinajstić information content (AvgIpc) is 1.93. The molecular formula is C9H8FO. The molecule has 0 atom stereocenters. The minimum Gasteiger partial charge on any atom is -0.299 e. The molecule has 0 aliphatic rings. The number of halogens is 1. The molecule has 0 fully saturated rings. The van der Waals surface area contributed by atoms with E-state index in [0.29, 0.717) is 0 Å². The van der Waals surface area contributed by atoms with E-state index in [0.717, 1.165) is 5.56 Å². The maximum atomic E-state index is 12.3. The van der Waals surface area contributed by atoms with Crippen LogP contribution < -0.4 is 0 Å². The molecule has 11 heavy (non-hydrogen) atoms. The fourth-order valence-corrected chi connectivity index (χ4v) is 0.830. The molecule has 1 radical (unpaired) electrons. The molecule has 0 amide bonds. The smallest absolute Gasteiger partial charge is 0.137 e. The fourth-order valence-electron chi connectivity index (χ4n) is 0.830. The Balaban J connectivity index is 2.74. The Hall–Kier alpha value is -1.18. The minimum atomic E-state index is -0.287. The molecule has 0 N–H and O–H groups in total. The fraction of sp³-hybridized carbons (Fsp3) is 0.111. The van der Waals surface area contributed by atoms with Crippen LogP contribution in [0.1, 0.15) is 5.56 Å². The van der Waals surface area contributed by atoms with E-state index < -0.39 is 0 Å². The van der Waals surface area contributed by atoms with E-state index in [9.17, 15) is 9.18 Å². The zero-order valence-electron chi connectivity index (χ0n) is 6.01. The third kappa shape index (κ3) is 2.50. The molecule has 0 bridgehead atoms. The molecule has 1 aromatic carbocycles. The Morgan fingerprint density at radius 2 is 1.91 bits per heavy atom. The number of ketones is 1. The second-order valence-electron chi connectivity index (χ2n) is 2.34. The van der Waals surface area contributed by atoms with Gasteiger partial charge in [0, 0.05) is 13.3 Å². The van der Waals surface area contributed by atoms with Gasteiger partial charge in [-0.3, -0.25) is 4.79 Å². The maximum Gasteiger partial charge on any atom is 0.137 e. The van der Waals surface area contributed by atoms with Crippen LogP contribution in [-0.4, -0.2) is 5.78 Å². The molecule has 0 saturated heterocycles. The van der Waals surface area contributed by atoms with E-state index in [1.54, 1.807) is 12.1 Å². The Morgan fingerprint density at radius 3 is 2.36 bits per heavy atom. The zero-order valence-corrected chi connectivity index (χ0v) is 6.01. The summed E-state index contributed by atoms with van der Waals surface area (Å²) in [4.78, 5) is 10.5. The van der Waals surface area contributed by atoms with Gasteiger partial charge in [0.25, 0.3) is 0 Å². The lowest BCUT2D eigenvalue weighted by Crippen LogP contribution is -1.95. The molecule has 0 heterocycles. The van der Waals surface area contributed by atoms with Gasteiger partial charge in [-0.2, -0.15) is 0 Å². The first kappa shape index (κ1) is 7.92. The number of Topliss-reactive ketones (excluding diaryl/α,β-unsaturated/α-hetero) is 1. The van der Waals surface area contributed by atoms with Gasteiger partial charge in [-0.1, -0.05) is 12.1 Å². The van der Waals surface area contributed by atoms with Crippen LogP contribution in [-0.2, 0) is 11.2 Å². The van der Waals surface area contributed by atoms with Crippen LogP contribution >= 0.6 is 0 Å². The largest absolute Gasteiger partial charge is 0.299 e. The van der Waals surface area contributed by atoms with Crippen molar-refractivity contribution in [3.05, 3.63) is 42.6 Å². The molecule has 0 aromatic heterocycles. The van der Waals surface area contributed by atoms with Crippen LogP contribution in [0.4, 0.5) is 4.39 Å². The second kappa shape index (κ2) is 3.28. The van der Waals surface area contributed by atoms with Crippen LogP contribution in [0.2, 0.25) is 0 Å². The standard InChI is InChI=1S/C9H8FO/c1-7(11)6-8-2-4-9(10)5-3-8/h2-5H,1,6H2. The molecule has 2 heteroatoms. The first-order valence-corrected chi connectivity index (χ1v) is 3.28. The average molecular weight is 151 g/mol. The first-order chi connectivity index (χ1) is 5.18. The van der Waals surface area contributed by atoms with Gasteiger partial charge >= 0.3 is 0 Å². The van der Waals surface area contributed by atoms with Crippen LogP contribution in [0.15, 0.2) is 24.3 Å². The van der Waals surface area contributed by atoms with Gasteiger partial charge < -0.3 is 0 Å². The third-order valence-electron chi connectivity index (χ3n) is 1.31. The number of carbonyl (C=O) groups excluding carboxylic acids is 1. The predicted octanol–water partition coefficient (Wildman–Crippen LogP) is 1.77. The lowest BCUT2D eigenvalue weighted by atomic mass is 10.1. The van der Waals surface area contributed by atoms with E-state index in [4.69, 9.17) is 0 Å². The zero-order chi connectivity index (χ0) is 8.27. The number of carbonyl (C=O) groups is 1. The molecule has 57 valence electrons. The topological polar surface area (TPSA) is 17.1 Å². The van der Waals surface area contributed by atoms with E-state index >= 15 is 0 Å². The summed E-state index contributed by atoms with van der Waals surface area (Å²) in [5.74, 6) is -0.443. The summed E-state index contributed by atoms with van der Waals surface area (Å²) in [6.07, 6.45) is 0.278. The van der Waals surface area contributed by atoms with E-state index in [1.165, 1.54) is 12.1 Å². The monoisotopic (exact) mass is 151 g/mol. The van der Waals surface area contributed by atoms with Crippen molar-refractivity contribution in [2.75, 3.05) is 0 Å². The molecule has 0 aliphatic heterocycles. The summed E-state index contributed by atoms with van der Waals surface area (Å²) >= 11 is 0. The second-order valence-corrected chi connectivity index (χ2v) is 2.34. The van der Waals surface area contributed by atoms with Gasteiger partial charge in [0.05, 0.1) is 0 Å². The minimum absolute atomic E-state index is 0.156. The summed E-state index contributed by atoms with van der Waals surface area (Å²) in [6, 6.07) is 5.83. The summed E-state index contributed by atoms with van der Waals surface area (Å²) < 4.78 is 12.3.